The van der Waals surface area contributed by atoms with Crippen molar-refractivity contribution in [3.8, 4) is 11.5 Å². The van der Waals surface area contributed by atoms with Crippen LogP contribution in [0.2, 0.25) is 0 Å². The molecule has 0 aliphatic carbocycles. The lowest BCUT2D eigenvalue weighted by Gasteiger charge is -2.19. The minimum Gasteiger partial charge on any atom is -0.497 e. The summed E-state index contributed by atoms with van der Waals surface area (Å²) in [4.78, 5) is 23.4. The number of methoxy groups -OCH3 is 2. The van der Waals surface area contributed by atoms with Gasteiger partial charge in [0.25, 0.3) is 5.91 Å². The van der Waals surface area contributed by atoms with Crippen LogP contribution in [0.15, 0.2) is 24.3 Å². The van der Waals surface area contributed by atoms with Crippen LogP contribution >= 0.6 is 0 Å². The Kier molecular flexibility index (Phi) is 6.16. The maximum Gasteiger partial charge on any atom is 0.274 e. The molecule has 1 aromatic heterocycles. The average Bonchev–Trinajstić information content (AvgIpc) is 2.62. The first-order valence-corrected chi connectivity index (χ1v) is 8.16. The van der Waals surface area contributed by atoms with E-state index >= 15 is 0 Å². The summed E-state index contributed by atoms with van der Waals surface area (Å²) in [6.45, 7) is 7.44. The molecule has 0 unspecified atom stereocenters. The van der Waals surface area contributed by atoms with Crippen molar-refractivity contribution in [3.05, 3.63) is 35.7 Å². The van der Waals surface area contributed by atoms with Crippen LogP contribution in [-0.2, 0) is 0 Å². The first-order chi connectivity index (χ1) is 12.0. The number of anilines is 2. The molecule has 0 radical (unpaired) electrons. The van der Waals surface area contributed by atoms with Crippen molar-refractivity contribution in [1.29, 1.82) is 0 Å². The lowest BCUT2D eigenvalue weighted by molar-refractivity contribution is 0.102. The Hall–Kier alpha value is -2.83. The fourth-order valence-corrected chi connectivity index (χ4v) is 2.41. The Morgan fingerprint density at radius 2 is 1.84 bits per heavy atom. The Morgan fingerprint density at radius 1 is 1.12 bits per heavy atom. The zero-order chi connectivity index (χ0) is 18.4. The number of nitrogens with one attached hydrogen (secondary N) is 1. The Balaban J connectivity index is 2.29. The minimum absolute atomic E-state index is 0.312. The van der Waals surface area contributed by atoms with E-state index in [0.717, 1.165) is 18.8 Å². The summed E-state index contributed by atoms with van der Waals surface area (Å²) in [5, 5.41) is 2.83. The number of aromatic nitrogens is 2. The zero-order valence-electron chi connectivity index (χ0n) is 15.3. The number of hydrogen-bond donors (Lipinski definition) is 1. The van der Waals surface area contributed by atoms with Gasteiger partial charge in [-0.25, -0.2) is 9.97 Å². The summed E-state index contributed by atoms with van der Waals surface area (Å²) in [5.74, 6) is 1.40. The number of benzene rings is 1. The molecule has 134 valence electrons. The second-order valence-corrected chi connectivity index (χ2v) is 5.39. The standard InChI is InChI=1S/C18H24N4O3/c1-6-22(7-2)18-19-12(3)10-15(21-18)17(23)20-14-9-8-13(24-4)11-16(14)25-5/h8-11H,6-7H2,1-5H3,(H,20,23). The molecule has 0 spiro atoms. The van der Waals surface area contributed by atoms with E-state index in [9.17, 15) is 4.79 Å². The van der Waals surface area contributed by atoms with Crippen LogP contribution < -0.4 is 19.7 Å². The van der Waals surface area contributed by atoms with Gasteiger partial charge in [-0.2, -0.15) is 0 Å². The van der Waals surface area contributed by atoms with E-state index in [-0.39, 0.29) is 5.91 Å². The van der Waals surface area contributed by atoms with Gasteiger partial charge in [0.15, 0.2) is 0 Å². The predicted molar refractivity (Wildman–Crippen MR) is 97.8 cm³/mol. The molecular weight excluding hydrogens is 320 g/mol. The molecule has 1 aromatic carbocycles. The van der Waals surface area contributed by atoms with E-state index in [4.69, 9.17) is 9.47 Å². The number of nitrogens with zero attached hydrogens (tertiary/aromatic N) is 3. The van der Waals surface area contributed by atoms with Gasteiger partial charge < -0.3 is 19.7 Å². The average molecular weight is 344 g/mol. The quantitative estimate of drug-likeness (QED) is 0.832. The fourth-order valence-electron chi connectivity index (χ4n) is 2.41. The van der Waals surface area contributed by atoms with Crippen molar-refractivity contribution in [2.45, 2.75) is 20.8 Å². The summed E-state index contributed by atoms with van der Waals surface area (Å²) in [7, 11) is 3.11. The maximum atomic E-state index is 12.6. The molecule has 0 atom stereocenters. The summed E-state index contributed by atoms with van der Waals surface area (Å²) in [6, 6.07) is 6.86. The van der Waals surface area contributed by atoms with E-state index in [1.165, 1.54) is 7.11 Å². The summed E-state index contributed by atoms with van der Waals surface area (Å²) >= 11 is 0. The molecule has 1 amide bonds. The van der Waals surface area contributed by atoms with Crippen LogP contribution in [0, 0.1) is 6.92 Å². The number of ether oxygens (including phenoxy) is 2. The second-order valence-electron chi connectivity index (χ2n) is 5.39. The lowest BCUT2D eigenvalue weighted by Crippen LogP contribution is -2.26. The molecule has 2 rings (SSSR count). The first-order valence-electron chi connectivity index (χ1n) is 8.16. The molecule has 7 nitrogen and oxygen atoms in total. The van der Waals surface area contributed by atoms with E-state index in [1.807, 2.05) is 25.7 Å². The molecular formula is C18H24N4O3. The molecule has 1 N–H and O–H groups in total. The minimum atomic E-state index is -0.317. The highest BCUT2D eigenvalue weighted by Crippen LogP contribution is 2.29. The zero-order valence-corrected chi connectivity index (χ0v) is 15.3. The van der Waals surface area contributed by atoms with Gasteiger partial charge in [-0.1, -0.05) is 0 Å². The van der Waals surface area contributed by atoms with Crippen molar-refractivity contribution in [1.82, 2.24) is 9.97 Å². The lowest BCUT2D eigenvalue weighted by atomic mass is 10.2. The van der Waals surface area contributed by atoms with Gasteiger partial charge in [0.05, 0.1) is 19.9 Å². The first kappa shape index (κ1) is 18.5. The van der Waals surface area contributed by atoms with Crippen LogP contribution in [-0.4, -0.2) is 43.2 Å². The molecule has 0 bridgehead atoms. The monoisotopic (exact) mass is 344 g/mol. The fraction of sp³-hybridized carbons (Fsp3) is 0.389. The Labute approximate surface area is 148 Å². The normalized spacial score (nSPS) is 10.3. The van der Waals surface area contributed by atoms with Crippen molar-refractivity contribution < 1.29 is 14.3 Å². The Bertz CT molecular complexity index is 745. The highest BCUT2D eigenvalue weighted by atomic mass is 16.5. The van der Waals surface area contributed by atoms with Gasteiger partial charge in [-0.3, -0.25) is 4.79 Å². The van der Waals surface area contributed by atoms with E-state index in [1.54, 1.807) is 31.4 Å². The third-order valence-electron chi connectivity index (χ3n) is 3.78. The topological polar surface area (TPSA) is 76.6 Å². The third kappa shape index (κ3) is 4.37. The molecule has 25 heavy (non-hydrogen) atoms. The summed E-state index contributed by atoms with van der Waals surface area (Å²) in [6.07, 6.45) is 0. The van der Waals surface area contributed by atoms with Crippen molar-refractivity contribution in [2.75, 3.05) is 37.5 Å². The molecule has 0 aliphatic heterocycles. The number of hydrogen-bond acceptors (Lipinski definition) is 6. The number of amides is 1. The molecule has 0 saturated heterocycles. The van der Waals surface area contributed by atoms with Gasteiger partial charge in [0.1, 0.15) is 17.2 Å². The van der Waals surface area contributed by atoms with Crippen molar-refractivity contribution >= 4 is 17.5 Å². The van der Waals surface area contributed by atoms with Gasteiger partial charge >= 0.3 is 0 Å². The molecule has 7 heteroatoms. The largest absolute Gasteiger partial charge is 0.497 e. The number of rotatable bonds is 7. The van der Waals surface area contributed by atoms with Gasteiger partial charge in [0.2, 0.25) is 5.95 Å². The van der Waals surface area contributed by atoms with Crippen molar-refractivity contribution in [2.24, 2.45) is 0 Å². The van der Waals surface area contributed by atoms with Gasteiger partial charge in [-0.15, -0.1) is 0 Å². The summed E-state index contributed by atoms with van der Waals surface area (Å²) < 4.78 is 10.5. The smallest absolute Gasteiger partial charge is 0.274 e. The highest BCUT2D eigenvalue weighted by Gasteiger charge is 2.15. The number of aryl methyl sites for hydroxylation is 1. The molecule has 1 heterocycles. The van der Waals surface area contributed by atoms with Crippen LogP contribution in [0.1, 0.15) is 30.0 Å². The molecule has 0 saturated carbocycles. The van der Waals surface area contributed by atoms with Crippen LogP contribution in [0.4, 0.5) is 11.6 Å². The summed E-state index contributed by atoms with van der Waals surface area (Å²) in [5.41, 5.74) is 1.60. The van der Waals surface area contributed by atoms with Gasteiger partial charge in [0, 0.05) is 24.8 Å². The number of carbonyl (C=O) groups is 1. The molecule has 2 aromatic rings. The maximum absolute atomic E-state index is 12.6. The van der Waals surface area contributed by atoms with Crippen LogP contribution in [0.3, 0.4) is 0 Å². The molecule has 0 fully saturated rings. The van der Waals surface area contributed by atoms with Crippen LogP contribution in [0.5, 0.6) is 11.5 Å². The molecule has 0 aliphatic rings. The SMILES string of the molecule is CCN(CC)c1nc(C)cc(C(=O)Nc2ccc(OC)cc2OC)n1. The Morgan fingerprint density at radius 3 is 2.44 bits per heavy atom. The second kappa shape index (κ2) is 8.32. The van der Waals surface area contributed by atoms with E-state index in [0.29, 0.717) is 28.8 Å². The van der Waals surface area contributed by atoms with E-state index in [2.05, 4.69) is 15.3 Å². The number of carbonyl (C=O) groups excluding carboxylic acids is 1. The van der Waals surface area contributed by atoms with Gasteiger partial charge in [-0.05, 0) is 39.0 Å². The van der Waals surface area contributed by atoms with E-state index < -0.39 is 0 Å². The predicted octanol–water partition coefficient (Wildman–Crippen LogP) is 2.90. The highest BCUT2D eigenvalue weighted by molar-refractivity contribution is 6.04. The van der Waals surface area contributed by atoms with Crippen molar-refractivity contribution in [3.63, 3.8) is 0 Å². The third-order valence-corrected chi connectivity index (χ3v) is 3.78. The van der Waals surface area contributed by atoms with Crippen LogP contribution in [0.25, 0.3) is 0 Å².